The zero-order valence-corrected chi connectivity index (χ0v) is 17.5. The van der Waals surface area contributed by atoms with Crippen LogP contribution in [-0.4, -0.2) is 32.9 Å². The van der Waals surface area contributed by atoms with E-state index in [-0.39, 0.29) is 17.8 Å². The van der Waals surface area contributed by atoms with Crippen LogP contribution in [-0.2, 0) is 11.4 Å². The Kier molecular flexibility index (Phi) is 7.80. The molecule has 1 aliphatic rings. The molecule has 28 heavy (non-hydrogen) atoms. The first kappa shape index (κ1) is 20.7. The molecule has 0 saturated heterocycles. The molecule has 6 nitrogen and oxygen atoms in total. The van der Waals surface area contributed by atoms with E-state index in [0.29, 0.717) is 28.3 Å². The number of H-pyrrole nitrogens is 1. The second kappa shape index (κ2) is 10.5. The first-order valence-electron chi connectivity index (χ1n) is 9.52. The maximum atomic E-state index is 12.3. The molecule has 1 aromatic heterocycles. The number of nitrogens with one attached hydrogen (secondary N) is 2. The van der Waals surface area contributed by atoms with Crippen LogP contribution < -0.4 is 10.1 Å². The molecule has 3 rings (SSSR count). The minimum atomic E-state index is -0.263. The Morgan fingerprint density at radius 3 is 2.93 bits per heavy atom. The van der Waals surface area contributed by atoms with Gasteiger partial charge >= 0.3 is 0 Å². The predicted octanol–water partition coefficient (Wildman–Crippen LogP) is 4.52. The molecule has 0 aliphatic heterocycles. The van der Waals surface area contributed by atoms with Crippen LogP contribution in [0.5, 0.6) is 5.75 Å². The highest BCUT2D eigenvalue weighted by atomic mass is 35.5. The van der Waals surface area contributed by atoms with Crippen molar-refractivity contribution in [2.45, 2.75) is 56.0 Å². The van der Waals surface area contributed by atoms with Gasteiger partial charge in [0.1, 0.15) is 12.4 Å². The Bertz CT molecular complexity index is 807. The predicted molar refractivity (Wildman–Crippen MR) is 112 cm³/mol. The number of aromatic nitrogens is 3. The van der Waals surface area contributed by atoms with Crippen LogP contribution >= 0.6 is 23.4 Å². The maximum absolute atomic E-state index is 12.3. The van der Waals surface area contributed by atoms with Crippen LogP contribution in [0.25, 0.3) is 0 Å². The number of aromatic amines is 1. The highest BCUT2D eigenvalue weighted by Crippen LogP contribution is 2.21. The molecule has 0 spiro atoms. The lowest BCUT2D eigenvalue weighted by molar-refractivity contribution is -0.120. The third-order valence-corrected chi connectivity index (χ3v) is 5.70. The fourth-order valence-electron chi connectivity index (χ4n) is 2.91. The summed E-state index contributed by atoms with van der Waals surface area (Å²) >= 11 is 7.18. The van der Waals surface area contributed by atoms with Gasteiger partial charge in [-0.1, -0.05) is 35.0 Å². The lowest BCUT2D eigenvalue weighted by atomic mass is 9.97. The third kappa shape index (κ3) is 6.56. The van der Waals surface area contributed by atoms with E-state index in [1.165, 1.54) is 36.6 Å². The second-order valence-corrected chi connectivity index (χ2v) is 8.46. The van der Waals surface area contributed by atoms with Crippen molar-refractivity contribution in [1.82, 2.24) is 20.5 Å². The Balaban J connectivity index is 1.40. The molecular weight excluding hydrogens is 396 g/mol. The minimum Gasteiger partial charge on any atom is -0.486 e. The van der Waals surface area contributed by atoms with Gasteiger partial charge in [0.15, 0.2) is 5.82 Å². The number of hydrogen-bond donors (Lipinski definition) is 2. The zero-order valence-electron chi connectivity index (χ0n) is 15.9. The van der Waals surface area contributed by atoms with E-state index < -0.39 is 0 Å². The van der Waals surface area contributed by atoms with Gasteiger partial charge in [-0.3, -0.25) is 9.89 Å². The smallest absolute Gasteiger partial charge is 0.233 e. The zero-order chi connectivity index (χ0) is 19.8. The Labute approximate surface area is 174 Å². The molecule has 1 heterocycles. The fraction of sp³-hybridized carbons (Fsp3) is 0.450. The summed E-state index contributed by atoms with van der Waals surface area (Å²) in [4.78, 5) is 16.7. The Hall–Kier alpha value is -1.99. The summed E-state index contributed by atoms with van der Waals surface area (Å²) in [5.74, 6) is 1.32. The van der Waals surface area contributed by atoms with Crippen molar-refractivity contribution in [3.05, 3.63) is 46.8 Å². The number of allylic oxidation sites excluding steroid dienone is 1. The third-order valence-electron chi connectivity index (χ3n) is 4.48. The van der Waals surface area contributed by atoms with Crippen LogP contribution in [0, 0.1) is 0 Å². The van der Waals surface area contributed by atoms with Crippen molar-refractivity contribution in [1.29, 1.82) is 0 Å². The number of halogens is 1. The normalized spacial score (nSPS) is 15.0. The summed E-state index contributed by atoms with van der Waals surface area (Å²) in [5.41, 5.74) is 1.46. The molecule has 1 unspecified atom stereocenters. The van der Waals surface area contributed by atoms with Crippen LogP contribution in [0.3, 0.4) is 0 Å². The van der Waals surface area contributed by atoms with Gasteiger partial charge in [-0.2, -0.15) is 0 Å². The number of rotatable bonds is 9. The second-order valence-electron chi connectivity index (χ2n) is 6.72. The minimum absolute atomic E-state index is 0.00479. The Morgan fingerprint density at radius 2 is 2.18 bits per heavy atom. The lowest BCUT2D eigenvalue weighted by Gasteiger charge is -2.14. The van der Waals surface area contributed by atoms with Crippen LogP contribution in [0.2, 0.25) is 5.02 Å². The number of amides is 1. The average Bonchev–Trinajstić information content (AvgIpc) is 3.15. The number of benzene rings is 1. The number of thioether (sulfide) groups is 1. The molecule has 150 valence electrons. The van der Waals surface area contributed by atoms with E-state index in [4.69, 9.17) is 16.3 Å². The summed E-state index contributed by atoms with van der Waals surface area (Å²) in [6, 6.07) is 7.13. The fourth-order valence-corrected chi connectivity index (χ4v) is 3.80. The van der Waals surface area contributed by atoms with Gasteiger partial charge in [-0.15, -0.1) is 5.10 Å². The number of carbonyl (C=O) groups excluding carboxylic acids is 1. The molecule has 2 N–H and O–H groups in total. The molecular formula is C20H25ClN4O2S. The summed E-state index contributed by atoms with van der Waals surface area (Å²) in [7, 11) is 0. The van der Waals surface area contributed by atoms with Crippen LogP contribution in [0.1, 0.15) is 44.9 Å². The van der Waals surface area contributed by atoms with Gasteiger partial charge < -0.3 is 10.1 Å². The summed E-state index contributed by atoms with van der Waals surface area (Å²) in [6.45, 7) is 2.81. The highest BCUT2D eigenvalue weighted by Gasteiger charge is 2.17. The summed E-state index contributed by atoms with van der Waals surface area (Å²) < 4.78 is 5.64. The van der Waals surface area contributed by atoms with E-state index in [9.17, 15) is 4.79 Å². The number of ether oxygens (including phenoxy) is 1. The first-order chi connectivity index (χ1) is 13.6. The largest absolute Gasteiger partial charge is 0.486 e. The van der Waals surface area contributed by atoms with Gasteiger partial charge in [0.25, 0.3) is 0 Å². The van der Waals surface area contributed by atoms with Gasteiger partial charge in [-0.05, 0) is 63.3 Å². The van der Waals surface area contributed by atoms with Gasteiger partial charge in [0.2, 0.25) is 11.1 Å². The number of carbonyl (C=O) groups is 1. The van der Waals surface area contributed by atoms with Gasteiger partial charge in [0.05, 0.1) is 5.25 Å². The number of nitrogens with zero attached hydrogens (tertiary/aromatic N) is 2. The van der Waals surface area contributed by atoms with Crippen LogP contribution in [0.15, 0.2) is 41.1 Å². The van der Waals surface area contributed by atoms with Crippen molar-refractivity contribution >= 4 is 29.3 Å². The molecule has 0 fully saturated rings. The summed E-state index contributed by atoms with van der Waals surface area (Å²) in [5, 5.41) is 10.9. The SMILES string of the molecule is CC(Sc1n[nH]c(COc2ccc(Cl)cc2)n1)C(=O)NCCC1=CCCCC1. The molecule has 1 aromatic carbocycles. The molecule has 0 bridgehead atoms. The van der Waals surface area contributed by atoms with Crippen molar-refractivity contribution in [2.24, 2.45) is 0 Å². The van der Waals surface area contributed by atoms with E-state index in [2.05, 4.69) is 26.6 Å². The Morgan fingerprint density at radius 1 is 1.36 bits per heavy atom. The highest BCUT2D eigenvalue weighted by molar-refractivity contribution is 8.00. The molecule has 0 saturated carbocycles. The molecule has 0 radical (unpaired) electrons. The van der Waals surface area contributed by atoms with Crippen molar-refractivity contribution in [3.8, 4) is 5.75 Å². The van der Waals surface area contributed by atoms with Crippen molar-refractivity contribution in [2.75, 3.05) is 6.54 Å². The average molecular weight is 421 g/mol. The molecule has 1 atom stereocenters. The first-order valence-corrected chi connectivity index (χ1v) is 10.8. The summed E-state index contributed by atoms with van der Waals surface area (Å²) in [6.07, 6.45) is 8.14. The van der Waals surface area contributed by atoms with E-state index >= 15 is 0 Å². The molecule has 8 heteroatoms. The lowest BCUT2D eigenvalue weighted by Crippen LogP contribution is -2.32. The van der Waals surface area contributed by atoms with Crippen LogP contribution in [0.4, 0.5) is 0 Å². The van der Waals surface area contributed by atoms with Crippen molar-refractivity contribution in [3.63, 3.8) is 0 Å². The van der Waals surface area contributed by atoms with E-state index in [0.717, 1.165) is 12.8 Å². The van der Waals surface area contributed by atoms with Gasteiger partial charge in [-0.25, -0.2) is 4.98 Å². The molecule has 2 aromatic rings. The van der Waals surface area contributed by atoms with Crippen molar-refractivity contribution < 1.29 is 9.53 Å². The monoisotopic (exact) mass is 420 g/mol. The van der Waals surface area contributed by atoms with E-state index in [1.54, 1.807) is 24.3 Å². The van der Waals surface area contributed by atoms with E-state index in [1.807, 2.05) is 6.92 Å². The molecule has 1 amide bonds. The van der Waals surface area contributed by atoms with Gasteiger partial charge in [0, 0.05) is 11.6 Å². The standard InChI is InChI=1S/C20H25ClN4O2S/c1-14(19(26)22-12-11-15-5-3-2-4-6-15)28-20-23-18(24-25-20)13-27-17-9-7-16(21)8-10-17/h5,7-10,14H,2-4,6,11-13H2,1H3,(H,22,26)(H,23,24,25). The maximum Gasteiger partial charge on any atom is 0.233 e. The topological polar surface area (TPSA) is 79.9 Å². The molecule has 1 aliphatic carbocycles. The quantitative estimate of drug-likeness (QED) is 0.460. The number of hydrogen-bond acceptors (Lipinski definition) is 5.